The molecule has 0 aliphatic rings. The zero-order valence-electron chi connectivity index (χ0n) is 16.3. The highest BCUT2D eigenvalue weighted by atomic mass is 16.5. The third kappa shape index (κ3) is 6.89. The summed E-state index contributed by atoms with van der Waals surface area (Å²) in [7, 11) is 1.80. The highest BCUT2D eigenvalue weighted by Crippen LogP contribution is 2.13. The molecule has 2 aromatic carbocycles. The van der Waals surface area contributed by atoms with Gasteiger partial charge < -0.3 is 15.4 Å². The van der Waals surface area contributed by atoms with E-state index in [4.69, 9.17) is 4.74 Å². The summed E-state index contributed by atoms with van der Waals surface area (Å²) in [6.07, 6.45) is 0.254. The van der Waals surface area contributed by atoms with Gasteiger partial charge in [0.25, 0.3) is 0 Å². The van der Waals surface area contributed by atoms with Gasteiger partial charge >= 0.3 is 0 Å². The molecule has 4 nitrogen and oxygen atoms in total. The van der Waals surface area contributed by atoms with Gasteiger partial charge in [-0.15, -0.1) is 0 Å². The van der Waals surface area contributed by atoms with Crippen LogP contribution in [0.4, 0.5) is 0 Å². The van der Waals surface area contributed by atoms with E-state index in [2.05, 4.69) is 84.9 Å². The van der Waals surface area contributed by atoms with Crippen LogP contribution in [-0.4, -0.2) is 25.7 Å². The fourth-order valence-corrected chi connectivity index (χ4v) is 2.57. The molecular formula is C22H31N3O. The SMILES string of the molecule is CN=C(NCc1ccc(COC(C)C)cc1)NCC(C)c1ccccc1. The number of nitrogens with one attached hydrogen (secondary N) is 2. The highest BCUT2D eigenvalue weighted by Gasteiger charge is 2.06. The molecule has 0 radical (unpaired) electrons. The second kappa shape index (κ2) is 10.6. The van der Waals surface area contributed by atoms with E-state index in [9.17, 15) is 0 Å². The first kappa shape index (κ1) is 20.0. The quantitative estimate of drug-likeness (QED) is 0.555. The summed E-state index contributed by atoms with van der Waals surface area (Å²) in [5.41, 5.74) is 3.74. The Labute approximate surface area is 157 Å². The van der Waals surface area contributed by atoms with Crippen molar-refractivity contribution in [3.05, 3.63) is 71.3 Å². The van der Waals surface area contributed by atoms with Crippen LogP contribution in [0.1, 0.15) is 43.4 Å². The molecule has 26 heavy (non-hydrogen) atoms. The van der Waals surface area contributed by atoms with Crippen LogP contribution >= 0.6 is 0 Å². The van der Waals surface area contributed by atoms with Gasteiger partial charge in [-0.2, -0.15) is 0 Å². The lowest BCUT2D eigenvalue weighted by molar-refractivity contribution is 0.0657. The lowest BCUT2D eigenvalue weighted by atomic mass is 10.0. The van der Waals surface area contributed by atoms with Crippen molar-refractivity contribution in [2.24, 2.45) is 4.99 Å². The van der Waals surface area contributed by atoms with Crippen LogP contribution in [0, 0.1) is 0 Å². The first-order chi connectivity index (χ1) is 12.6. The number of aliphatic imine (C=N–C) groups is 1. The maximum absolute atomic E-state index is 5.63. The molecule has 0 heterocycles. The van der Waals surface area contributed by atoms with Crippen LogP contribution in [0.2, 0.25) is 0 Å². The lowest BCUT2D eigenvalue weighted by Crippen LogP contribution is -2.38. The maximum Gasteiger partial charge on any atom is 0.191 e. The van der Waals surface area contributed by atoms with Gasteiger partial charge in [-0.25, -0.2) is 0 Å². The van der Waals surface area contributed by atoms with Crippen LogP contribution in [0.5, 0.6) is 0 Å². The predicted octanol–water partition coefficient (Wildman–Crippen LogP) is 4.08. The second-order valence-corrected chi connectivity index (χ2v) is 6.79. The molecule has 0 saturated carbocycles. The Kier molecular flexibility index (Phi) is 8.16. The van der Waals surface area contributed by atoms with Crippen molar-refractivity contribution < 1.29 is 4.74 Å². The summed E-state index contributed by atoms with van der Waals surface area (Å²) < 4.78 is 5.63. The number of hydrogen-bond donors (Lipinski definition) is 2. The van der Waals surface area contributed by atoms with E-state index in [0.29, 0.717) is 12.5 Å². The lowest BCUT2D eigenvalue weighted by Gasteiger charge is -2.16. The Balaban J connectivity index is 1.77. The predicted molar refractivity (Wildman–Crippen MR) is 109 cm³/mol. The minimum absolute atomic E-state index is 0.254. The summed E-state index contributed by atoms with van der Waals surface area (Å²) in [6, 6.07) is 19.0. The van der Waals surface area contributed by atoms with Crippen molar-refractivity contribution in [1.82, 2.24) is 10.6 Å². The van der Waals surface area contributed by atoms with E-state index >= 15 is 0 Å². The molecule has 2 rings (SSSR count). The molecule has 1 atom stereocenters. The van der Waals surface area contributed by atoms with Gasteiger partial charge in [0.15, 0.2) is 5.96 Å². The fraction of sp³-hybridized carbons (Fsp3) is 0.409. The normalized spacial score (nSPS) is 12.9. The molecule has 0 fully saturated rings. The zero-order chi connectivity index (χ0) is 18.8. The number of rotatable bonds is 8. The molecule has 0 aliphatic carbocycles. The zero-order valence-corrected chi connectivity index (χ0v) is 16.3. The van der Waals surface area contributed by atoms with Gasteiger partial charge in [0.1, 0.15) is 0 Å². The standard InChI is InChI=1S/C22H31N3O/c1-17(2)26-16-20-12-10-19(11-13-20)15-25-22(23-4)24-14-18(3)21-8-6-5-7-9-21/h5-13,17-18H,14-16H2,1-4H3,(H2,23,24,25). The molecule has 0 aliphatic heterocycles. The van der Waals surface area contributed by atoms with Crippen LogP contribution < -0.4 is 10.6 Å². The van der Waals surface area contributed by atoms with Gasteiger partial charge in [-0.1, -0.05) is 61.5 Å². The Hall–Kier alpha value is -2.33. The average molecular weight is 354 g/mol. The monoisotopic (exact) mass is 353 g/mol. The fourth-order valence-electron chi connectivity index (χ4n) is 2.57. The number of hydrogen-bond acceptors (Lipinski definition) is 2. The second-order valence-electron chi connectivity index (χ2n) is 6.79. The Morgan fingerprint density at radius 1 is 0.923 bits per heavy atom. The molecule has 2 N–H and O–H groups in total. The topological polar surface area (TPSA) is 45.7 Å². The summed E-state index contributed by atoms with van der Waals surface area (Å²) in [4.78, 5) is 4.31. The third-order valence-electron chi connectivity index (χ3n) is 4.23. The first-order valence-electron chi connectivity index (χ1n) is 9.27. The Morgan fingerprint density at radius 2 is 1.58 bits per heavy atom. The number of nitrogens with zero attached hydrogens (tertiary/aromatic N) is 1. The molecule has 2 aromatic rings. The first-order valence-corrected chi connectivity index (χ1v) is 9.27. The molecule has 1 unspecified atom stereocenters. The molecule has 0 amide bonds. The Bertz CT molecular complexity index is 666. The van der Waals surface area contributed by atoms with Crippen LogP contribution in [0.15, 0.2) is 59.6 Å². The smallest absolute Gasteiger partial charge is 0.191 e. The van der Waals surface area contributed by atoms with Crippen molar-refractivity contribution in [1.29, 1.82) is 0 Å². The maximum atomic E-state index is 5.63. The largest absolute Gasteiger partial charge is 0.374 e. The minimum atomic E-state index is 0.254. The molecule has 0 bridgehead atoms. The van der Waals surface area contributed by atoms with Crippen LogP contribution in [0.25, 0.3) is 0 Å². The molecule has 0 spiro atoms. The van der Waals surface area contributed by atoms with E-state index in [0.717, 1.165) is 19.0 Å². The van der Waals surface area contributed by atoms with Gasteiger partial charge in [0.05, 0.1) is 12.7 Å². The number of ether oxygens (including phenoxy) is 1. The van der Waals surface area contributed by atoms with E-state index in [1.165, 1.54) is 16.7 Å². The summed E-state index contributed by atoms with van der Waals surface area (Å²) in [5.74, 6) is 1.25. The number of guanidine groups is 1. The number of benzene rings is 2. The van der Waals surface area contributed by atoms with Gasteiger partial charge in [-0.3, -0.25) is 4.99 Å². The van der Waals surface area contributed by atoms with Crippen molar-refractivity contribution >= 4 is 5.96 Å². The van der Waals surface area contributed by atoms with E-state index in [-0.39, 0.29) is 6.10 Å². The summed E-state index contributed by atoms with van der Waals surface area (Å²) >= 11 is 0. The van der Waals surface area contributed by atoms with E-state index in [1.807, 2.05) is 6.07 Å². The Morgan fingerprint density at radius 3 is 2.19 bits per heavy atom. The van der Waals surface area contributed by atoms with Crippen LogP contribution in [-0.2, 0) is 17.9 Å². The molecule has 4 heteroatoms. The van der Waals surface area contributed by atoms with E-state index < -0.39 is 0 Å². The van der Waals surface area contributed by atoms with Crippen molar-refractivity contribution in [3.63, 3.8) is 0 Å². The average Bonchev–Trinajstić information content (AvgIpc) is 2.67. The molecule has 0 aromatic heterocycles. The molecular weight excluding hydrogens is 322 g/mol. The third-order valence-corrected chi connectivity index (χ3v) is 4.23. The van der Waals surface area contributed by atoms with E-state index in [1.54, 1.807) is 7.05 Å². The van der Waals surface area contributed by atoms with Crippen LogP contribution in [0.3, 0.4) is 0 Å². The van der Waals surface area contributed by atoms with Gasteiger partial charge in [-0.05, 0) is 36.5 Å². The summed E-state index contributed by atoms with van der Waals surface area (Å²) in [6.45, 7) is 8.56. The van der Waals surface area contributed by atoms with Gasteiger partial charge in [0, 0.05) is 20.1 Å². The minimum Gasteiger partial charge on any atom is -0.374 e. The van der Waals surface area contributed by atoms with Gasteiger partial charge in [0.2, 0.25) is 0 Å². The molecule has 0 saturated heterocycles. The highest BCUT2D eigenvalue weighted by molar-refractivity contribution is 5.79. The molecule has 140 valence electrons. The summed E-state index contributed by atoms with van der Waals surface area (Å²) in [5, 5.41) is 6.77. The van der Waals surface area contributed by atoms with Crippen molar-refractivity contribution in [2.45, 2.75) is 45.9 Å². The van der Waals surface area contributed by atoms with Crippen molar-refractivity contribution in [2.75, 3.05) is 13.6 Å². The van der Waals surface area contributed by atoms with Crippen molar-refractivity contribution in [3.8, 4) is 0 Å².